The summed E-state index contributed by atoms with van der Waals surface area (Å²) in [6.07, 6.45) is 4.29. The second-order valence-corrected chi connectivity index (χ2v) is 9.81. The number of carbonyl (C=O) groups is 1. The van der Waals surface area contributed by atoms with Crippen LogP contribution in [-0.4, -0.2) is 53.5 Å². The molecule has 6 heteroatoms. The van der Waals surface area contributed by atoms with Gasteiger partial charge in [-0.2, -0.15) is 0 Å². The fourth-order valence-electron chi connectivity index (χ4n) is 5.16. The fourth-order valence-corrected chi connectivity index (χ4v) is 5.16. The van der Waals surface area contributed by atoms with E-state index in [2.05, 4.69) is 51.3 Å². The normalized spacial score (nSPS) is 20.3. The van der Waals surface area contributed by atoms with Crippen molar-refractivity contribution >= 4 is 22.9 Å². The summed E-state index contributed by atoms with van der Waals surface area (Å²) in [5.74, 6) is 1.71. The van der Waals surface area contributed by atoms with Gasteiger partial charge in [-0.25, -0.2) is 4.98 Å². The standard InChI is InChI=1S/C27H35N5O/c1-20-8-10-22(11-9-20)18-31-15-12-21(13-16-31)17-28-26(33)23-5-4-14-32(19-23)27-29-24-6-2-3-7-25(24)30-27/h2-3,6-11,21,23H,4-5,12-19H2,1H3,(H,28,33)(H,29,30)/t23-/m0/s1. The molecule has 0 saturated carbocycles. The number of aromatic amines is 1. The molecule has 33 heavy (non-hydrogen) atoms. The van der Waals surface area contributed by atoms with Crippen molar-refractivity contribution in [3.05, 3.63) is 59.7 Å². The Morgan fingerprint density at radius 2 is 1.85 bits per heavy atom. The molecule has 0 aliphatic carbocycles. The number of H-pyrrole nitrogens is 1. The summed E-state index contributed by atoms with van der Waals surface area (Å²) >= 11 is 0. The first-order valence-corrected chi connectivity index (χ1v) is 12.4. The van der Waals surface area contributed by atoms with Gasteiger partial charge in [-0.05, 0) is 69.3 Å². The van der Waals surface area contributed by atoms with Gasteiger partial charge in [-0.3, -0.25) is 9.69 Å². The van der Waals surface area contributed by atoms with Crippen LogP contribution < -0.4 is 10.2 Å². The number of carbonyl (C=O) groups excluding carboxylic acids is 1. The predicted octanol–water partition coefficient (Wildman–Crippen LogP) is 4.12. The molecule has 1 amide bonds. The Morgan fingerprint density at radius 3 is 2.64 bits per heavy atom. The van der Waals surface area contributed by atoms with E-state index in [-0.39, 0.29) is 11.8 Å². The van der Waals surface area contributed by atoms with Crippen molar-refractivity contribution in [1.82, 2.24) is 20.2 Å². The summed E-state index contributed by atoms with van der Waals surface area (Å²) < 4.78 is 0. The van der Waals surface area contributed by atoms with Crippen molar-refractivity contribution in [2.24, 2.45) is 11.8 Å². The first-order chi connectivity index (χ1) is 16.1. The number of nitrogens with zero attached hydrogens (tertiary/aromatic N) is 3. The summed E-state index contributed by atoms with van der Waals surface area (Å²) in [4.78, 5) is 25.9. The number of imidazole rings is 1. The zero-order valence-corrected chi connectivity index (χ0v) is 19.6. The third-order valence-electron chi connectivity index (χ3n) is 7.27. The molecule has 2 aliphatic heterocycles. The lowest BCUT2D eigenvalue weighted by Crippen LogP contribution is -2.45. The van der Waals surface area contributed by atoms with Gasteiger partial charge in [0.25, 0.3) is 0 Å². The van der Waals surface area contributed by atoms with Crippen LogP contribution in [0.2, 0.25) is 0 Å². The van der Waals surface area contributed by atoms with Crippen LogP contribution in [0, 0.1) is 18.8 Å². The highest BCUT2D eigenvalue weighted by Crippen LogP contribution is 2.24. The number of anilines is 1. The number of amides is 1. The minimum atomic E-state index is 0.0357. The van der Waals surface area contributed by atoms with Gasteiger partial charge in [0.15, 0.2) is 0 Å². The third-order valence-corrected chi connectivity index (χ3v) is 7.27. The quantitative estimate of drug-likeness (QED) is 0.599. The molecule has 6 nitrogen and oxygen atoms in total. The lowest BCUT2D eigenvalue weighted by Gasteiger charge is -2.34. The van der Waals surface area contributed by atoms with E-state index < -0.39 is 0 Å². The largest absolute Gasteiger partial charge is 0.356 e. The number of benzene rings is 2. The molecular weight excluding hydrogens is 410 g/mol. The first kappa shape index (κ1) is 22.0. The molecule has 3 heterocycles. The van der Waals surface area contributed by atoms with Gasteiger partial charge in [-0.1, -0.05) is 42.0 Å². The molecule has 1 atom stereocenters. The maximum atomic E-state index is 12.9. The summed E-state index contributed by atoms with van der Waals surface area (Å²) in [7, 11) is 0. The topological polar surface area (TPSA) is 64.3 Å². The van der Waals surface area contributed by atoms with Crippen LogP contribution in [0.15, 0.2) is 48.5 Å². The van der Waals surface area contributed by atoms with E-state index in [0.29, 0.717) is 5.92 Å². The van der Waals surface area contributed by atoms with Crippen molar-refractivity contribution in [2.75, 3.05) is 37.6 Å². The number of hydrogen-bond acceptors (Lipinski definition) is 4. The SMILES string of the molecule is Cc1ccc(CN2CCC(CNC(=O)[C@H]3CCCN(c4nc5ccccc5[nH]4)C3)CC2)cc1. The minimum absolute atomic E-state index is 0.0357. The molecule has 2 aromatic carbocycles. The highest BCUT2D eigenvalue weighted by Gasteiger charge is 2.28. The van der Waals surface area contributed by atoms with Gasteiger partial charge in [0, 0.05) is 26.2 Å². The van der Waals surface area contributed by atoms with Gasteiger partial charge in [0.2, 0.25) is 11.9 Å². The lowest BCUT2D eigenvalue weighted by molar-refractivity contribution is -0.125. The molecule has 0 radical (unpaired) electrons. The second-order valence-electron chi connectivity index (χ2n) is 9.81. The molecule has 3 aromatic rings. The zero-order chi connectivity index (χ0) is 22.6. The van der Waals surface area contributed by atoms with Crippen LogP contribution >= 0.6 is 0 Å². The molecule has 174 valence electrons. The second kappa shape index (κ2) is 9.96. The molecular formula is C27H35N5O. The van der Waals surface area contributed by atoms with Gasteiger partial charge < -0.3 is 15.2 Å². The van der Waals surface area contributed by atoms with Gasteiger partial charge in [0.1, 0.15) is 0 Å². The van der Waals surface area contributed by atoms with Crippen molar-refractivity contribution in [1.29, 1.82) is 0 Å². The average Bonchev–Trinajstić information content (AvgIpc) is 3.29. The van der Waals surface area contributed by atoms with Crippen LogP contribution in [0.4, 0.5) is 5.95 Å². The van der Waals surface area contributed by atoms with E-state index in [0.717, 1.165) is 81.9 Å². The van der Waals surface area contributed by atoms with Gasteiger partial charge >= 0.3 is 0 Å². The van der Waals surface area contributed by atoms with E-state index in [1.165, 1.54) is 11.1 Å². The summed E-state index contributed by atoms with van der Waals surface area (Å²) in [5, 5.41) is 3.28. The van der Waals surface area contributed by atoms with Crippen LogP contribution in [0.25, 0.3) is 11.0 Å². The molecule has 5 rings (SSSR count). The van der Waals surface area contributed by atoms with Crippen molar-refractivity contribution < 1.29 is 4.79 Å². The molecule has 0 bridgehead atoms. The Balaban J connectivity index is 1.07. The Labute approximate surface area is 196 Å². The number of likely N-dealkylation sites (tertiary alicyclic amines) is 1. The maximum absolute atomic E-state index is 12.9. The molecule has 2 saturated heterocycles. The monoisotopic (exact) mass is 445 g/mol. The van der Waals surface area contributed by atoms with E-state index in [4.69, 9.17) is 4.98 Å². The molecule has 2 N–H and O–H groups in total. The van der Waals surface area contributed by atoms with Crippen LogP contribution in [0.1, 0.15) is 36.8 Å². The lowest BCUT2D eigenvalue weighted by atomic mass is 9.94. The number of nitrogens with one attached hydrogen (secondary N) is 2. The number of aromatic nitrogens is 2. The smallest absolute Gasteiger partial charge is 0.224 e. The molecule has 2 aliphatic rings. The van der Waals surface area contributed by atoms with E-state index in [1.807, 2.05) is 24.3 Å². The van der Waals surface area contributed by atoms with Gasteiger partial charge in [0.05, 0.1) is 17.0 Å². The minimum Gasteiger partial charge on any atom is -0.356 e. The number of hydrogen-bond donors (Lipinski definition) is 2. The highest BCUT2D eigenvalue weighted by atomic mass is 16.1. The maximum Gasteiger partial charge on any atom is 0.224 e. The van der Waals surface area contributed by atoms with E-state index in [1.54, 1.807) is 0 Å². The van der Waals surface area contributed by atoms with Crippen molar-refractivity contribution in [2.45, 2.75) is 39.2 Å². The fraction of sp³-hybridized carbons (Fsp3) is 0.481. The summed E-state index contributed by atoms with van der Waals surface area (Å²) in [5.41, 5.74) is 4.73. The van der Waals surface area contributed by atoms with E-state index >= 15 is 0 Å². The summed E-state index contributed by atoms with van der Waals surface area (Å²) in [6.45, 7) is 7.86. The predicted molar refractivity (Wildman–Crippen MR) is 133 cm³/mol. The number of rotatable bonds is 6. The zero-order valence-electron chi connectivity index (χ0n) is 19.6. The van der Waals surface area contributed by atoms with Crippen LogP contribution in [-0.2, 0) is 11.3 Å². The van der Waals surface area contributed by atoms with Crippen LogP contribution in [0.3, 0.4) is 0 Å². The average molecular weight is 446 g/mol. The molecule has 0 unspecified atom stereocenters. The number of para-hydroxylation sites is 2. The first-order valence-electron chi connectivity index (χ1n) is 12.4. The number of aryl methyl sites for hydroxylation is 1. The van der Waals surface area contributed by atoms with E-state index in [9.17, 15) is 4.79 Å². The molecule has 1 aromatic heterocycles. The molecule has 2 fully saturated rings. The van der Waals surface area contributed by atoms with Crippen LogP contribution in [0.5, 0.6) is 0 Å². The number of fused-ring (bicyclic) bond motifs is 1. The van der Waals surface area contributed by atoms with Crippen molar-refractivity contribution in [3.63, 3.8) is 0 Å². The highest BCUT2D eigenvalue weighted by molar-refractivity contribution is 5.80. The number of piperidine rings is 2. The molecule has 0 spiro atoms. The Morgan fingerprint density at radius 1 is 1.06 bits per heavy atom. The van der Waals surface area contributed by atoms with Crippen molar-refractivity contribution in [3.8, 4) is 0 Å². The summed E-state index contributed by atoms with van der Waals surface area (Å²) in [6, 6.07) is 17.0. The third kappa shape index (κ3) is 5.38. The Kier molecular flexibility index (Phi) is 6.63. The Hall–Kier alpha value is -2.86. The Bertz CT molecular complexity index is 1030. The van der Waals surface area contributed by atoms with Gasteiger partial charge in [-0.15, -0.1) is 0 Å².